The standard InChI is InChI=1S/C11H12F3N/c1-2-5-10(15)8-6-3-4-7-9(8)11(12,13)14/h2-4,6-7,10H,1,5,15H2. The Kier molecular flexibility index (Phi) is 3.52. The van der Waals surface area contributed by atoms with Crippen molar-refractivity contribution in [3.8, 4) is 0 Å². The van der Waals surface area contributed by atoms with Gasteiger partial charge in [-0.1, -0.05) is 24.3 Å². The lowest BCUT2D eigenvalue weighted by Crippen LogP contribution is -2.16. The van der Waals surface area contributed by atoms with Gasteiger partial charge in [0.2, 0.25) is 0 Å². The molecule has 1 aromatic rings. The van der Waals surface area contributed by atoms with Crippen molar-refractivity contribution in [3.05, 3.63) is 48.0 Å². The van der Waals surface area contributed by atoms with E-state index in [-0.39, 0.29) is 5.56 Å². The van der Waals surface area contributed by atoms with Gasteiger partial charge >= 0.3 is 6.18 Å². The molecule has 0 aromatic heterocycles. The smallest absolute Gasteiger partial charge is 0.324 e. The van der Waals surface area contributed by atoms with Gasteiger partial charge in [0.05, 0.1) is 5.56 Å². The van der Waals surface area contributed by atoms with Crippen molar-refractivity contribution in [2.45, 2.75) is 18.6 Å². The third-order valence-electron chi connectivity index (χ3n) is 2.09. The zero-order valence-corrected chi connectivity index (χ0v) is 8.09. The molecule has 0 amide bonds. The van der Waals surface area contributed by atoms with E-state index in [0.29, 0.717) is 6.42 Å². The van der Waals surface area contributed by atoms with Crippen molar-refractivity contribution in [2.24, 2.45) is 5.73 Å². The molecule has 1 atom stereocenters. The molecule has 82 valence electrons. The van der Waals surface area contributed by atoms with Crippen molar-refractivity contribution in [1.29, 1.82) is 0 Å². The third kappa shape index (κ3) is 2.83. The molecule has 0 heterocycles. The van der Waals surface area contributed by atoms with E-state index in [0.717, 1.165) is 6.07 Å². The van der Waals surface area contributed by atoms with E-state index in [1.165, 1.54) is 18.2 Å². The Morgan fingerprint density at radius 1 is 1.33 bits per heavy atom. The van der Waals surface area contributed by atoms with Crippen LogP contribution in [-0.4, -0.2) is 0 Å². The molecule has 15 heavy (non-hydrogen) atoms. The van der Waals surface area contributed by atoms with Crippen LogP contribution < -0.4 is 5.73 Å². The molecule has 0 bridgehead atoms. The topological polar surface area (TPSA) is 26.0 Å². The summed E-state index contributed by atoms with van der Waals surface area (Å²) in [7, 11) is 0. The number of halogens is 3. The van der Waals surface area contributed by atoms with Crippen LogP contribution >= 0.6 is 0 Å². The predicted octanol–water partition coefficient (Wildman–Crippen LogP) is 3.28. The highest BCUT2D eigenvalue weighted by atomic mass is 19.4. The molecular formula is C11H12F3N. The Balaban J connectivity index is 3.12. The van der Waals surface area contributed by atoms with Gasteiger partial charge in [-0.3, -0.25) is 0 Å². The molecule has 0 spiro atoms. The van der Waals surface area contributed by atoms with Crippen LogP contribution in [-0.2, 0) is 6.18 Å². The summed E-state index contributed by atoms with van der Waals surface area (Å²) in [4.78, 5) is 0. The predicted molar refractivity (Wildman–Crippen MR) is 53.2 cm³/mol. The molecule has 1 aromatic carbocycles. The highest BCUT2D eigenvalue weighted by Gasteiger charge is 2.33. The second kappa shape index (κ2) is 4.49. The molecule has 1 rings (SSSR count). The molecule has 1 unspecified atom stereocenters. The number of hydrogen-bond donors (Lipinski definition) is 1. The third-order valence-corrected chi connectivity index (χ3v) is 2.09. The Labute approximate surface area is 86.4 Å². The van der Waals surface area contributed by atoms with Crippen LogP contribution in [0.1, 0.15) is 23.6 Å². The summed E-state index contributed by atoms with van der Waals surface area (Å²) < 4.78 is 37.7. The highest BCUT2D eigenvalue weighted by molar-refractivity contribution is 5.32. The molecule has 0 fully saturated rings. The average molecular weight is 215 g/mol. The lowest BCUT2D eigenvalue weighted by molar-refractivity contribution is -0.138. The SMILES string of the molecule is C=CCC(N)c1ccccc1C(F)(F)F. The van der Waals surface area contributed by atoms with Crippen LogP contribution in [0.5, 0.6) is 0 Å². The summed E-state index contributed by atoms with van der Waals surface area (Å²) >= 11 is 0. The summed E-state index contributed by atoms with van der Waals surface area (Å²) in [5.74, 6) is 0. The van der Waals surface area contributed by atoms with Crippen molar-refractivity contribution < 1.29 is 13.2 Å². The summed E-state index contributed by atoms with van der Waals surface area (Å²) in [6, 6.07) is 4.69. The minimum atomic E-state index is -4.35. The van der Waals surface area contributed by atoms with Crippen LogP contribution in [0.2, 0.25) is 0 Å². The molecule has 0 aliphatic rings. The first-order chi connectivity index (χ1) is 6.96. The van der Waals surface area contributed by atoms with Crippen LogP contribution in [0.3, 0.4) is 0 Å². The molecule has 1 nitrogen and oxygen atoms in total. The normalized spacial score (nSPS) is 13.6. The molecule has 0 radical (unpaired) electrons. The van der Waals surface area contributed by atoms with Gasteiger partial charge in [-0.25, -0.2) is 0 Å². The first-order valence-corrected chi connectivity index (χ1v) is 4.49. The maximum absolute atomic E-state index is 12.6. The highest BCUT2D eigenvalue weighted by Crippen LogP contribution is 2.34. The number of nitrogens with two attached hydrogens (primary N) is 1. The van der Waals surface area contributed by atoms with Gasteiger partial charge < -0.3 is 5.73 Å². The number of hydrogen-bond acceptors (Lipinski definition) is 1. The van der Waals surface area contributed by atoms with E-state index >= 15 is 0 Å². The van der Waals surface area contributed by atoms with Crippen molar-refractivity contribution in [3.63, 3.8) is 0 Å². The lowest BCUT2D eigenvalue weighted by Gasteiger charge is -2.16. The Bertz CT molecular complexity index is 344. The van der Waals surface area contributed by atoms with Crippen LogP contribution in [0, 0.1) is 0 Å². The zero-order valence-electron chi connectivity index (χ0n) is 8.09. The van der Waals surface area contributed by atoms with E-state index in [9.17, 15) is 13.2 Å². The van der Waals surface area contributed by atoms with E-state index in [1.54, 1.807) is 6.07 Å². The van der Waals surface area contributed by atoms with E-state index in [4.69, 9.17) is 5.73 Å². The molecule has 0 saturated heterocycles. The largest absolute Gasteiger partial charge is 0.416 e. The summed E-state index contributed by atoms with van der Waals surface area (Å²) in [6.07, 6.45) is -2.51. The van der Waals surface area contributed by atoms with E-state index < -0.39 is 17.8 Å². The molecule has 4 heteroatoms. The van der Waals surface area contributed by atoms with Gasteiger partial charge in [-0.2, -0.15) is 13.2 Å². The van der Waals surface area contributed by atoms with Crippen LogP contribution in [0.25, 0.3) is 0 Å². The number of rotatable bonds is 3. The minimum Gasteiger partial charge on any atom is -0.324 e. The molecular weight excluding hydrogens is 203 g/mol. The monoisotopic (exact) mass is 215 g/mol. The Morgan fingerprint density at radius 2 is 1.93 bits per heavy atom. The van der Waals surface area contributed by atoms with Gasteiger partial charge in [0.1, 0.15) is 0 Å². The van der Waals surface area contributed by atoms with Crippen LogP contribution in [0.15, 0.2) is 36.9 Å². The van der Waals surface area contributed by atoms with Gasteiger partial charge in [0.15, 0.2) is 0 Å². The Hall–Kier alpha value is -1.29. The number of benzene rings is 1. The summed E-state index contributed by atoms with van der Waals surface area (Å²) in [6.45, 7) is 3.46. The van der Waals surface area contributed by atoms with Crippen molar-refractivity contribution in [1.82, 2.24) is 0 Å². The molecule has 0 aliphatic heterocycles. The maximum atomic E-state index is 12.6. The summed E-state index contributed by atoms with van der Waals surface area (Å²) in [5, 5.41) is 0. The Morgan fingerprint density at radius 3 is 2.47 bits per heavy atom. The summed E-state index contributed by atoms with van der Waals surface area (Å²) in [5.41, 5.74) is 5.08. The fourth-order valence-corrected chi connectivity index (χ4v) is 1.39. The van der Waals surface area contributed by atoms with Gasteiger partial charge in [0, 0.05) is 6.04 Å². The van der Waals surface area contributed by atoms with E-state index in [2.05, 4.69) is 6.58 Å². The van der Waals surface area contributed by atoms with Crippen LogP contribution in [0.4, 0.5) is 13.2 Å². The molecule has 0 aliphatic carbocycles. The number of alkyl halides is 3. The maximum Gasteiger partial charge on any atom is 0.416 e. The van der Waals surface area contributed by atoms with E-state index in [1.807, 2.05) is 0 Å². The molecule has 2 N–H and O–H groups in total. The first-order valence-electron chi connectivity index (χ1n) is 4.49. The van der Waals surface area contributed by atoms with Gasteiger partial charge in [-0.15, -0.1) is 6.58 Å². The second-order valence-electron chi connectivity index (χ2n) is 3.22. The first kappa shape index (κ1) is 11.8. The average Bonchev–Trinajstić information content (AvgIpc) is 2.17. The van der Waals surface area contributed by atoms with Gasteiger partial charge in [-0.05, 0) is 18.1 Å². The lowest BCUT2D eigenvalue weighted by atomic mass is 9.98. The zero-order chi connectivity index (χ0) is 11.5. The molecule has 0 saturated carbocycles. The second-order valence-corrected chi connectivity index (χ2v) is 3.22. The quantitative estimate of drug-likeness (QED) is 0.769. The minimum absolute atomic E-state index is 0.116. The fourth-order valence-electron chi connectivity index (χ4n) is 1.39. The van der Waals surface area contributed by atoms with Crippen molar-refractivity contribution in [2.75, 3.05) is 0 Å². The fraction of sp³-hybridized carbons (Fsp3) is 0.273. The van der Waals surface area contributed by atoms with Crippen molar-refractivity contribution >= 4 is 0 Å². The van der Waals surface area contributed by atoms with Gasteiger partial charge in [0.25, 0.3) is 0 Å².